The first-order chi connectivity index (χ1) is 9.48. The van der Waals surface area contributed by atoms with Crippen molar-refractivity contribution in [3.05, 3.63) is 35.4 Å². The average Bonchev–Trinajstić information content (AvgIpc) is 2.99. The second kappa shape index (κ2) is 5.98. The number of aryl methyl sites for hydroxylation is 1. The molecule has 3 nitrogen and oxygen atoms in total. The molecule has 1 aromatic rings. The number of nitrogens with one attached hydrogen (secondary N) is 1. The summed E-state index contributed by atoms with van der Waals surface area (Å²) in [6.07, 6.45) is 0. The van der Waals surface area contributed by atoms with E-state index < -0.39 is 5.41 Å². The maximum atomic E-state index is 12.9. The Morgan fingerprint density at radius 3 is 2.19 bits per heavy atom. The average molecular weight is 309 g/mol. The Balaban J connectivity index is 0.00000161. The molecule has 2 atom stereocenters. The van der Waals surface area contributed by atoms with Gasteiger partial charge in [0.25, 0.3) is 0 Å². The van der Waals surface area contributed by atoms with Crippen LogP contribution in [-0.4, -0.2) is 37.0 Å². The van der Waals surface area contributed by atoms with Crippen LogP contribution in [0.3, 0.4) is 0 Å². The van der Waals surface area contributed by atoms with Crippen molar-refractivity contribution >= 4 is 18.3 Å². The standard InChI is InChI=1S/C17H24N2O.ClH/c1-12-4-6-15(7-5-12)17(2,3)16(20)19-10-13-8-18-9-14(13)11-19;/h4-7,13-14,18H,8-11H2,1-3H3;1H/t13-,14+;. The van der Waals surface area contributed by atoms with Gasteiger partial charge in [0.15, 0.2) is 0 Å². The number of nitrogens with zero attached hydrogens (tertiary/aromatic N) is 1. The zero-order chi connectivity index (χ0) is 14.3. The van der Waals surface area contributed by atoms with Crippen molar-refractivity contribution in [2.45, 2.75) is 26.2 Å². The smallest absolute Gasteiger partial charge is 0.232 e. The third-order valence-electron chi connectivity index (χ3n) is 4.98. The molecule has 2 heterocycles. The SMILES string of the molecule is Cc1ccc(C(C)(C)C(=O)N2C[C@H]3CNC[C@H]3C2)cc1.Cl. The minimum absolute atomic E-state index is 0. The molecule has 2 saturated heterocycles. The van der Waals surface area contributed by atoms with Crippen LogP contribution in [0.2, 0.25) is 0 Å². The molecule has 4 heteroatoms. The zero-order valence-corrected chi connectivity index (χ0v) is 13.9. The number of fused-ring (bicyclic) bond motifs is 1. The van der Waals surface area contributed by atoms with Gasteiger partial charge in [-0.15, -0.1) is 12.4 Å². The van der Waals surface area contributed by atoms with Gasteiger partial charge in [0, 0.05) is 26.2 Å². The molecule has 0 bridgehead atoms. The van der Waals surface area contributed by atoms with Gasteiger partial charge >= 0.3 is 0 Å². The van der Waals surface area contributed by atoms with Crippen LogP contribution in [0.4, 0.5) is 0 Å². The number of amides is 1. The number of carbonyl (C=O) groups excluding carboxylic acids is 1. The highest BCUT2D eigenvalue weighted by molar-refractivity contribution is 5.87. The van der Waals surface area contributed by atoms with E-state index in [4.69, 9.17) is 0 Å². The third-order valence-corrected chi connectivity index (χ3v) is 4.98. The Kier molecular flexibility index (Phi) is 4.64. The van der Waals surface area contributed by atoms with Crippen LogP contribution >= 0.6 is 12.4 Å². The summed E-state index contributed by atoms with van der Waals surface area (Å²) < 4.78 is 0. The summed E-state index contributed by atoms with van der Waals surface area (Å²) in [5, 5.41) is 3.42. The highest BCUT2D eigenvalue weighted by atomic mass is 35.5. The molecule has 0 aromatic heterocycles. The molecule has 2 fully saturated rings. The molecule has 0 unspecified atom stereocenters. The summed E-state index contributed by atoms with van der Waals surface area (Å²) in [6, 6.07) is 8.36. The molecule has 21 heavy (non-hydrogen) atoms. The molecule has 0 radical (unpaired) electrons. The fourth-order valence-electron chi connectivity index (χ4n) is 3.51. The molecule has 1 aromatic carbocycles. The van der Waals surface area contributed by atoms with E-state index in [9.17, 15) is 4.79 Å². The monoisotopic (exact) mass is 308 g/mol. The quantitative estimate of drug-likeness (QED) is 0.910. The fraction of sp³-hybridized carbons (Fsp3) is 0.588. The molecule has 0 saturated carbocycles. The molecule has 2 aliphatic heterocycles. The number of carbonyl (C=O) groups is 1. The van der Waals surface area contributed by atoms with Crippen LogP contribution in [0.1, 0.15) is 25.0 Å². The van der Waals surface area contributed by atoms with Crippen LogP contribution in [-0.2, 0) is 10.2 Å². The van der Waals surface area contributed by atoms with Gasteiger partial charge < -0.3 is 10.2 Å². The maximum Gasteiger partial charge on any atom is 0.232 e. The van der Waals surface area contributed by atoms with E-state index in [1.165, 1.54) is 5.56 Å². The van der Waals surface area contributed by atoms with E-state index in [-0.39, 0.29) is 18.3 Å². The summed E-state index contributed by atoms with van der Waals surface area (Å²) >= 11 is 0. The van der Waals surface area contributed by atoms with Crippen molar-refractivity contribution in [3.63, 3.8) is 0 Å². The van der Waals surface area contributed by atoms with Crippen molar-refractivity contribution in [2.75, 3.05) is 26.2 Å². The van der Waals surface area contributed by atoms with Gasteiger partial charge in [0.05, 0.1) is 5.41 Å². The van der Waals surface area contributed by atoms with Crippen molar-refractivity contribution < 1.29 is 4.79 Å². The number of hydrogen-bond donors (Lipinski definition) is 1. The normalized spacial score (nSPS) is 24.6. The lowest BCUT2D eigenvalue weighted by Gasteiger charge is -2.30. The number of hydrogen-bond acceptors (Lipinski definition) is 2. The van der Waals surface area contributed by atoms with Gasteiger partial charge in [-0.05, 0) is 38.2 Å². The van der Waals surface area contributed by atoms with Crippen LogP contribution in [0.5, 0.6) is 0 Å². The lowest BCUT2D eigenvalue weighted by molar-refractivity contribution is -0.135. The third kappa shape index (κ3) is 2.95. The Morgan fingerprint density at radius 2 is 1.67 bits per heavy atom. The van der Waals surface area contributed by atoms with E-state index in [2.05, 4.69) is 41.4 Å². The van der Waals surface area contributed by atoms with Crippen LogP contribution in [0.15, 0.2) is 24.3 Å². The number of halogens is 1. The zero-order valence-electron chi connectivity index (χ0n) is 13.1. The first-order valence-corrected chi connectivity index (χ1v) is 7.55. The summed E-state index contributed by atoms with van der Waals surface area (Å²) in [5.41, 5.74) is 1.92. The fourth-order valence-corrected chi connectivity index (χ4v) is 3.51. The Morgan fingerprint density at radius 1 is 1.14 bits per heavy atom. The second-order valence-corrected chi connectivity index (χ2v) is 6.88. The van der Waals surface area contributed by atoms with Gasteiger partial charge in [-0.3, -0.25) is 4.79 Å². The van der Waals surface area contributed by atoms with Gasteiger partial charge in [0.2, 0.25) is 5.91 Å². The van der Waals surface area contributed by atoms with Gasteiger partial charge in [0.1, 0.15) is 0 Å². The van der Waals surface area contributed by atoms with Crippen molar-refractivity contribution in [1.29, 1.82) is 0 Å². The lowest BCUT2D eigenvalue weighted by Crippen LogP contribution is -2.43. The predicted molar refractivity (Wildman–Crippen MR) is 87.9 cm³/mol. The van der Waals surface area contributed by atoms with Gasteiger partial charge in [-0.1, -0.05) is 29.8 Å². The van der Waals surface area contributed by atoms with E-state index in [1.54, 1.807) is 0 Å². The Labute approximate surface area is 133 Å². The van der Waals surface area contributed by atoms with E-state index in [0.717, 1.165) is 31.7 Å². The Bertz CT molecular complexity index is 500. The van der Waals surface area contributed by atoms with E-state index in [1.807, 2.05) is 13.8 Å². The molecule has 0 spiro atoms. The molecular formula is C17H25ClN2O. The summed E-state index contributed by atoms with van der Waals surface area (Å²) in [5.74, 6) is 1.59. The van der Waals surface area contributed by atoms with Crippen molar-refractivity contribution in [3.8, 4) is 0 Å². The minimum Gasteiger partial charge on any atom is -0.341 e. The lowest BCUT2D eigenvalue weighted by atomic mass is 9.83. The van der Waals surface area contributed by atoms with E-state index in [0.29, 0.717) is 11.8 Å². The molecular weight excluding hydrogens is 284 g/mol. The topological polar surface area (TPSA) is 32.3 Å². The highest BCUT2D eigenvalue weighted by Gasteiger charge is 2.42. The largest absolute Gasteiger partial charge is 0.341 e. The molecule has 0 aliphatic carbocycles. The van der Waals surface area contributed by atoms with Gasteiger partial charge in [-0.2, -0.15) is 0 Å². The summed E-state index contributed by atoms with van der Waals surface area (Å²) in [4.78, 5) is 15.0. The second-order valence-electron chi connectivity index (χ2n) is 6.88. The molecule has 1 amide bonds. The number of likely N-dealkylation sites (tertiary alicyclic amines) is 1. The van der Waals surface area contributed by atoms with Crippen LogP contribution in [0.25, 0.3) is 0 Å². The number of benzene rings is 1. The molecule has 116 valence electrons. The molecule has 3 rings (SSSR count). The highest BCUT2D eigenvalue weighted by Crippen LogP contribution is 2.32. The van der Waals surface area contributed by atoms with Crippen molar-refractivity contribution in [1.82, 2.24) is 10.2 Å². The minimum atomic E-state index is -0.431. The van der Waals surface area contributed by atoms with Crippen molar-refractivity contribution in [2.24, 2.45) is 11.8 Å². The number of rotatable bonds is 2. The van der Waals surface area contributed by atoms with Gasteiger partial charge in [-0.25, -0.2) is 0 Å². The van der Waals surface area contributed by atoms with Crippen LogP contribution in [0, 0.1) is 18.8 Å². The first kappa shape index (κ1) is 16.3. The van der Waals surface area contributed by atoms with E-state index >= 15 is 0 Å². The summed E-state index contributed by atoms with van der Waals surface area (Å²) in [7, 11) is 0. The molecule has 1 N–H and O–H groups in total. The summed E-state index contributed by atoms with van der Waals surface area (Å²) in [6.45, 7) is 10.2. The van der Waals surface area contributed by atoms with Crippen LogP contribution < -0.4 is 5.32 Å². The Hall–Kier alpha value is -1.06. The first-order valence-electron chi connectivity index (χ1n) is 7.55. The predicted octanol–water partition coefficient (Wildman–Crippen LogP) is 2.37. The maximum absolute atomic E-state index is 12.9. The molecule has 2 aliphatic rings.